The van der Waals surface area contributed by atoms with Crippen LogP contribution in [0.25, 0.3) is 10.9 Å². The number of alkyl halides is 1. The number of halogens is 1. The summed E-state index contributed by atoms with van der Waals surface area (Å²) in [5.74, 6) is 1.95. The number of hydrogen-bond acceptors (Lipinski definition) is 5. The number of fused-ring (bicyclic) bond motifs is 1. The maximum Gasteiger partial charge on any atom is 0.261 e. The largest absolute Gasteiger partial charge is 0.497 e. The topological polar surface area (TPSA) is 82.4 Å². The molecule has 5 rings (SSSR count). The van der Waals surface area contributed by atoms with Crippen LogP contribution in [0.2, 0.25) is 0 Å². The van der Waals surface area contributed by atoms with E-state index in [1.165, 1.54) is 6.92 Å². The Morgan fingerprint density at radius 3 is 2.49 bits per heavy atom. The zero-order valence-electron chi connectivity index (χ0n) is 21.7. The summed E-state index contributed by atoms with van der Waals surface area (Å²) in [5, 5.41) is 3.35. The molecule has 0 aliphatic heterocycles. The van der Waals surface area contributed by atoms with Crippen LogP contribution in [0.15, 0.2) is 107 Å². The Balaban J connectivity index is 1.51. The number of amides is 1. The minimum absolute atomic E-state index is 0.0672. The van der Waals surface area contributed by atoms with Gasteiger partial charge < -0.3 is 14.8 Å². The molecule has 7 nitrogen and oxygen atoms in total. The number of carbonyl (C=O) groups excluding carboxylic acids is 1. The standard InChI is InChI=1S/C31H28IN3O4/c1-21(36)33-24-12-14-25(15-13-24)39-20-23-18-31(32,17-16-28(23)38-2)30-34-27-11-7-6-10-26(27)29(37)35(30)19-22-8-4-3-5-9-22/h3-16,18H,17,19-20H2,1-2H3,(H,33,36)/t31-/m0/s1. The molecule has 0 radical (unpaired) electrons. The highest BCUT2D eigenvalue weighted by atomic mass is 127. The van der Waals surface area contributed by atoms with Gasteiger partial charge in [0.15, 0.2) is 0 Å². The molecule has 3 aromatic carbocycles. The van der Waals surface area contributed by atoms with Crippen molar-refractivity contribution in [2.24, 2.45) is 0 Å². The molecule has 198 valence electrons. The van der Waals surface area contributed by atoms with Gasteiger partial charge in [0.25, 0.3) is 5.56 Å². The summed E-state index contributed by atoms with van der Waals surface area (Å²) in [4.78, 5) is 30.1. The summed E-state index contributed by atoms with van der Waals surface area (Å²) < 4.78 is 12.9. The van der Waals surface area contributed by atoms with Crippen LogP contribution < -0.4 is 15.6 Å². The molecule has 1 atom stereocenters. The second kappa shape index (κ2) is 11.4. The van der Waals surface area contributed by atoms with Crippen molar-refractivity contribution in [1.82, 2.24) is 9.55 Å². The van der Waals surface area contributed by atoms with Gasteiger partial charge in [-0.3, -0.25) is 14.2 Å². The average Bonchev–Trinajstić information content (AvgIpc) is 2.94. The molecule has 1 heterocycles. The second-order valence-corrected chi connectivity index (χ2v) is 11.3. The van der Waals surface area contributed by atoms with Crippen LogP contribution in [0, 0.1) is 0 Å². The van der Waals surface area contributed by atoms with Gasteiger partial charge in [-0.25, -0.2) is 4.98 Å². The van der Waals surface area contributed by atoms with Crippen LogP contribution in [0.3, 0.4) is 0 Å². The molecule has 8 heteroatoms. The SMILES string of the molecule is COC1=CC[C@@](I)(c2nc3ccccc3c(=O)n2Cc2ccccc2)C=C1COc1ccc(NC(C)=O)cc1. The van der Waals surface area contributed by atoms with Crippen molar-refractivity contribution in [3.63, 3.8) is 0 Å². The molecule has 1 aromatic heterocycles. The van der Waals surface area contributed by atoms with Gasteiger partial charge in [0.1, 0.15) is 27.4 Å². The molecule has 0 saturated carbocycles. The normalized spacial score (nSPS) is 16.8. The van der Waals surface area contributed by atoms with E-state index in [-0.39, 0.29) is 18.1 Å². The minimum atomic E-state index is -0.605. The monoisotopic (exact) mass is 633 g/mol. The van der Waals surface area contributed by atoms with Crippen molar-refractivity contribution in [3.8, 4) is 5.75 Å². The fourth-order valence-electron chi connectivity index (χ4n) is 4.66. The summed E-state index contributed by atoms with van der Waals surface area (Å²) in [6, 6.07) is 24.6. The number of para-hydroxylation sites is 1. The lowest BCUT2D eigenvalue weighted by Crippen LogP contribution is -2.34. The highest BCUT2D eigenvalue weighted by Crippen LogP contribution is 2.42. The molecule has 39 heavy (non-hydrogen) atoms. The third-order valence-electron chi connectivity index (χ3n) is 6.51. The maximum atomic E-state index is 13.8. The third kappa shape index (κ3) is 5.90. The highest BCUT2D eigenvalue weighted by Gasteiger charge is 2.35. The first-order valence-corrected chi connectivity index (χ1v) is 13.6. The molecular weight excluding hydrogens is 605 g/mol. The summed E-state index contributed by atoms with van der Waals surface area (Å²) in [5.41, 5.74) is 3.19. The van der Waals surface area contributed by atoms with Crippen LogP contribution in [0.4, 0.5) is 5.69 Å². The average molecular weight is 633 g/mol. The summed E-state index contributed by atoms with van der Waals surface area (Å²) in [6.07, 6.45) is 4.72. The third-order valence-corrected chi connectivity index (χ3v) is 7.74. The molecule has 0 fully saturated rings. The van der Waals surface area contributed by atoms with Gasteiger partial charge in [-0.2, -0.15) is 0 Å². The molecule has 0 bridgehead atoms. The Bertz CT molecular complexity index is 1630. The van der Waals surface area contributed by atoms with E-state index in [4.69, 9.17) is 14.5 Å². The number of nitrogens with one attached hydrogen (secondary N) is 1. The summed E-state index contributed by atoms with van der Waals surface area (Å²) >= 11 is 2.39. The number of allylic oxidation sites excluding steroid dienone is 2. The number of hydrogen-bond donors (Lipinski definition) is 1. The van der Waals surface area contributed by atoms with Crippen molar-refractivity contribution in [1.29, 1.82) is 0 Å². The van der Waals surface area contributed by atoms with Crippen LogP contribution in [-0.4, -0.2) is 29.2 Å². The minimum Gasteiger partial charge on any atom is -0.497 e. The number of rotatable bonds is 8. The van der Waals surface area contributed by atoms with E-state index < -0.39 is 3.42 Å². The first-order chi connectivity index (χ1) is 18.9. The first kappa shape index (κ1) is 26.7. The summed E-state index contributed by atoms with van der Waals surface area (Å²) in [6.45, 7) is 2.15. The van der Waals surface area contributed by atoms with Gasteiger partial charge in [-0.15, -0.1) is 0 Å². The van der Waals surface area contributed by atoms with Crippen molar-refractivity contribution < 1.29 is 14.3 Å². The predicted molar refractivity (Wildman–Crippen MR) is 161 cm³/mol. The van der Waals surface area contributed by atoms with Gasteiger partial charge in [-0.1, -0.05) is 71.1 Å². The molecule has 0 spiro atoms. The predicted octanol–water partition coefficient (Wildman–Crippen LogP) is 5.97. The van der Waals surface area contributed by atoms with Crippen LogP contribution in [-0.2, 0) is 19.5 Å². The number of benzene rings is 3. The lowest BCUT2D eigenvalue weighted by molar-refractivity contribution is -0.114. The number of nitrogens with zero attached hydrogens (tertiary/aromatic N) is 2. The lowest BCUT2D eigenvalue weighted by atomic mass is 9.93. The first-order valence-electron chi connectivity index (χ1n) is 12.6. The Morgan fingerprint density at radius 2 is 1.77 bits per heavy atom. The van der Waals surface area contributed by atoms with Crippen LogP contribution >= 0.6 is 22.6 Å². The number of carbonyl (C=O) groups is 1. The number of methoxy groups -OCH3 is 1. The second-order valence-electron chi connectivity index (χ2n) is 9.33. The van der Waals surface area contributed by atoms with E-state index in [1.54, 1.807) is 23.8 Å². The van der Waals surface area contributed by atoms with E-state index in [2.05, 4.69) is 34.0 Å². The lowest BCUT2D eigenvalue weighted by Gasteiger charge is -2.30. The van der Waals surface area contributed by atoms with Gasteiger partial charge in [0.2, 0.25) is 5.91 Å². The van der Waals surface area contributed by atoms with Gasteiger partial charge >= 0.3 is 0 Å². The van der Waals surface area contributed by atoms with E-state index in [1.807, 2.05) is 72.8 Å². The molecule has 1 amide bonds. The zero-order valence-corrected chi connectivity index (χ0v) is 23.8. The fraction of sp³-hybridized carbons (Fsp3) is 0.194. The van der Waals surface area contributed by atoms with Gasteiger partial charge in [0, 0.05) is 18.2 Å². The van der Waals surface area contributed by atoms with Crippen LogP contribution in [0.5, 0.6) is 5.75 Å². The number of aromatic nitrogens is 2. The number of anilines is 1. The molecule has 0 saturated heterocycles. The zero-order chi connectivity index (χ0) is 27.4. The van der Waals surface area contributed by atoms with E-state index >= 15 is 0 Å². The van der Waals surface area contributed by atoms with Crippen molar-refractivity contribution in [2.45, 2.75) is 23.3 Å². The maximum absolute atomic E-state index is 13.8. The molecular formula is C31H28IN3O4. The van der Waals surface area contributed by atoms with Crippen molar-refractivity contribution in [3.05, 3.63) is 124 Å². The van der Waals surface area contributed by atoms with Crippen LogP contribution in [0.1, 0.15) is 24.7 Å². The van der Waals surface area contributed by atoms with Crippen molar-refractivity contribution in [2.75, 3.05) is 19.0 Å². The summed E-state index contributed by atoms with van der Waals surface area (Å²) in [7, 11) is 1.64. The smallest absolute Gasteiger partial charge is 0.261 e. The van der Waals surface area contributed by atoms with E-state index in [0.717, 1.165) is 16.9 Å². The Hall–Kier alpha value is -3.92. The molecule has 1 N–H and O–H groups in total. The molecule has 1 aliphatic rings. The van der Waals surface area contributed by atoms with Crippen molar-refractivity contribution >= 4 is 45.1 Å². The van der Waals surface area contributed by atoms with E-state index in [0.29, 0.717) is 41.1 Å². The molecule has 0 unspecified atom stereocenters. The molecule has 1 aliphatic carbocycles. The Labute approximate surface area is 240 Å². The van der Waals surface area contributed by atoms with E-state index in [9.17, 15) is 9.59 Å². The Morgan fingerprint density at radius 1 is 1.05 bits per heavy atom. The quantitative estimate of drug-likeness (QED) is 0.191. The number of ether oxygens (including phenoxy) is 2. The molecule has 4 aromatic rings. The van der Waals surface area contributed by atoms with Gasteiger partial charge in [-0.05, 0) is 54.5 Å². The van der Waals surface area contributed by atoms with Gasteiger partial charge in [0.05, 0.1) is 24.6 Å². The fourth-order valence-corrected chi connectivity index (χ4v) is 5.67. The Kier molecular flexibility index (Phi) is 7.83. The highest BCUT2D eigenvalue weighted by molar-refractivity contribution is 14.1.